The molecular formula is C27H35FN2O5S. The Kier molecular flexibility index (Phi) is 8.44. The highest BCUT2D eigenvalue weighted by Gasteiger charge is 2.43. The highest BCUT2D eigenvalue weighted by molar-refractivity contribution is 7.92. The Hall–Kier alpha value is -2.33. The quantitative estimate of drug-likeness (QED) is 0.519. The van der Waals surface area contributed by atoms with Crippen LogP contribution in [-0.2, 0) is 36.1 Å². The Morgan fingerprint density at radius 1 is 1.19 bits per heavy atom. The number of carbonyl (C=O) groups is 1. The van der Waals surface area contributed by atoms with E-state index in [4.69, 9.17) is 9.47 Å². The number of halogens is 1. The number of hydrogen-bond donors (Lipinski definition) is 2. The minimum atomic E-state index is -3.56. The normalized spacial score (nSPS) is 25.2. The molecule has 36 heavy (non-hydrogen) atoms. The average molecular weight is 519 g/mol. The lowest BCUT2D eigenvalue weighted by molar-refractivity contribution is -0.142. The van der Waals surface area contributed by atoms with Crippen molar-refractivity contribution in [3.05, 3.63) is 71.0 Å². The molecule has 2 saturated heterocycles. The number of carbonyl (C=O) groups excluding carboxylic acids is 1. The molecule has 2 aromatic carbocycles. The summed E-state index contributed by atoms with van der Waals surface area (Å²) in [6, 6.07) is 13.9. The van der Waals surface area contributed by atoms with Gasteiger partial charge in [-0.3, -0.25) is 10.1 Å². The predicted molar refractivity (Wildman–Crippen MR) is 136 cm³/mol. The summed E-state index contributed by atoms with van der Waals surface area (Å²) < 4.78 is 53.2. The van der Waals surface area contributed by atoms with E-state index < -0.39 is 31.7 Å². The van der Waals surface area contributed by atoms with Crippen LogP contribution in [0.3, 0.4) is 0 Å². The van der Waals surface area contributed by atoms with Crippen LogP contribution in [0.2, 0.25) is 0 Å². The smallest absolute Gasteiger partial charge is 0.319 e. The van der Waals surface area contributed by atoms with Gasteiger partial charge in [0.05, 0.1) is 23.7 Å². The molecule has 9 heteroatoms. The van der Waals surface area contributed by atoms with Crippen LogP contribution in [0.4, 0.5) is 4.39 Å². The van der Waals surface area contributed by atoms with Crippen molar-refractivity contribution in [2.45, 2.75) is 55.2 Å². The second-order valence-corrected chi connectivity index (χ2v) is 11.9. The van der Waals surface area contributed by atoms with Crippen LogP contribution in [0.5, 0.6) is 0 Å². The molecule has 4 rings (SSSR count). The first-order chi connectivity index (χ1) is 17.3. The van der Waals surface area contributed by atoms with Gasteiger partial charge >= 0.3 is 5.97 Å². The zero-order valence-electron chi connectivity index (χ0n) is 20.8. The lowest BCUT2D eigenvalue weighted by Crippen LogP contribution is -2.53. The summed E-state index contributed by atoms with van der Waals surface area (Å²) in [6.07, 6.45) is 1.25. The molecule has 2 fully saturated rings. The van der Waals surface area contributed by atoms with Gasteiger partial charge in [-0.25, -0.2) is 12.8 Å². The number of rotatable bonds is 8. The highest BCUT2D eigenvalue weighted by atomic mass is 32.2. The minimum Gasteiger partial charge on any atom is -0.465 e. The van der Waals surface area contributed by atoms with Gasteiger partial charge in [-0.05, 0) is 55.9 Å². The average Bonchev–Trinajstić information content (AvgIpc) is 2.87. The van der Waals surface area contributed by atoms with Gasteiger partial charge < -0.3 is 14.8 Å². The van der Waals surface area contributed by atoms with Gasteiger partial charge in [0.2, 0.25) is 0 Å². The molecule has 0 radical (unpaired) electrons. The van der Waals surface area contributed by atoms with Crippen LogP contribution in [-0.4, -0.2) is 58.6 Å². The van der Waals surface area contributed by atoms with Gasteiger partial charge in [-0.1, -0.05) is 42.5 Å². The summed E-state index contributed by atoms with van der Waals surface area (Å²) in [5.74, 6) is -0.807. The maximum absolute atomic E-state index is 15.5. The van der Waals surface area contributed by atoms with Crippen molar-refractivity contribution in [2.24, 2.45) is 0 Å². The predicted octanol–water partition coefficient (Wildman–Crippen LogP) is 3.04. The Morgan fingerprint density at radius 2 is 1.92 bits per heavy atom. The molecule has 2 N–H and O–H groups in total. The molecule has 7 nitrogen and oxygen atoms in total. The van der Waals surface area contributed by atoms with Crippen molar-refractivity contribution in [1.82, 2.24) is 10.6 Å². The summed E-state index contributed by atoms with van der Waals surface area (Å²) in [6.45, 7) is 5.21. The lowest BCUT2D eigenvalue weighted by Gasteiger charge is -2.39. The Balaban J connectivity index is 1.57. The first kappa shape index (κ1) is 26.7. The molecule has 0 aromatic heterocycles. The number of nitrogens with one attached hydrogen (secondary N) is 2. The molecule has 2 aromatic rings. The van der Waals surface area contributed by atoms with Crippen molar-refractivity contribution in [3.8, 4) is 0 Å². The molecule has 2 aliphatic heterocycles. The van der Waals surface area contributed by atoms with Crippen molar-refractivity contribution in [2.75, 3.05) is 32.9 Å². The first-order valence-corrected chi connectivity index (χ1v) is 14.2. The fourth-order valence-corrected chi connectivity index (χ4v) is 7.64. The molecule has 0 bridgehead atoms. The number of ether oxygens (including phenoxy) is 2. The summed E-state index contributed by atoms with van der Waals surface area (Å²) >= 11 is 0. The molecule has 1 unspecified atom stereocenters. The Labute approximate surface area is 212 Å². The number of esters is 1. The fourth-order valence-electron chi connectivity index (χ4n) is 5.27. The maximum Gasteiger partial charge on any atom is 0.319 e. The molecule has 2 aliphatic rings. The second-order valence-electron chi connectivity index (χ2n) is 9.59. The first-order valence-electron chi connectivity index (χ1n) is 12.5. The van der Waals surface area contributed by atoms with Crippen molar-refractivity contribution >= 4 is 15.8 Å². The molecular weight excluding hydrogens is 483 g/mol. The highest BCUT2D eigenvalue weighted by Crippen LogP contribution is 2.35. The third-order valence-corrected chi connectivity index (χ3v) is 10.1. The molecule has 2 heterocycles. The number of sulfone groups is 1. The van der Waals surface area contributed by atoms with E-state index in [0.29, 0.717) is 44.8 Å². The van der Waals surface area contributed by atoms with E-state index in [1.165, 1.54) is 6.07 Å². The standard InChI is InChI=1S/C27H35FN2O5S/c1-3-35-26(31)18-30-27(11-13-34-14-12-27)22-10-9-21(23(28)16-22)15-24-19(2)29-17-25(36(24,32)33)20-7-5-4-6-8-20/h4-10,16,19,24-25,29-30H,3,11-15,17-18H2,1-2H3/t19-,24?,25-/m0/s1. The zero-order valence-corrected chi connectivity index (χ0v) is 21.7. The van der Waals surface area contributed by atoms with E-state index in [0.717, 1.165) is 11.1 Å². The van der Waals surface area contributed by atoms with Crippen molar-refractivity contribution in [1.29, 1.82) is 0 Å². The monoisotopic (exact) mass is 518 g/mol. The summed E-state index contributed by atoms with van der Waals surface area (Å²) in [5, 5.41) is 5.17. The van der Waals surface area contributed by atoms with E-state index in [2.05, 4.69) is 10.6 Å². The summed E-state index contributed by atoms with van der Waals surface area (Å²) in [5.41, 5.74) is 1.21. The number of hydrogen-bond acceptors (Lipinski definition) is 7. The third kappa shape index (κ3) is 5.64. The van der Waals surface area contributed by atoms with E-state index in [-0.39, 0.29) is 25.0 Å². The topological polar surface area (TPSA) is 93.7 Å². The fraction of sp³-hybridized carbons (Fsp3) is 0.519. The molecule has 0 amide bonds. The van der Waals surface area contributed by atoms with E-state index >= 15 is 4.39 Å². The molecule has 196 valence electrons. The van der Waals surface area contributed by atoms with Crippen LogP contribution in [0.1, 0.15) is 48.6 Å². The van der Waals surface area contributed by atoms with Crippen molar-refractivity contribution in [3.63, 3.8) is 0 Å². The van der Waals surface area contributed by atoms with E-state index in [1.54, 1.807) is 13.0 Å². The SMILES string of the molecule is CCOC(=O)CNC1(c2ccc(CC3[C@H](C)NC[C@@H](c4ccccc4)S3(=O)=O)c(F)c2)CCOCC1. The van der Waals surface area contributed by atoms with Crippen LogP contribution >= 0.6 is 0 Å². The van der Waals surface area contributed by atoms with E-state index in [1.807, 2.05) is 43.3 Å². The molecule has 0 aliphatic carbocycles. The lowest BCUT2D eigenvalue weighted by atomic mass is 9.82. The van der Waals surface area contributed by atoms with Crippen LogP contribution in [0.15, 0.2) is 48.5 Å². The molecule has 3 atom stereocenters. The maximum atomic E-state index is 15.5. The second kappa shape index (κ2) is 11.4. The Morgan fingerprint density at radius 3 is 2.58 bits per heavy atom. The Bertz CT molecular complexity index is 1150. The van der Waals surface area contributed by atoms with Gasteiger partial charge in [0.25, 0.3) is 0 Å². The van der Waals surface area contributed by atoms with E-state index in [9.17, 15) is 13.2 Å². The summed E-state index contributed by atoms with van der Waals surface area (Å²) in [4.78, 5) is 12.0. The minimum absolute atomic E-state index is 0.0155. The number of benzene rings is 2. The van der Waals surface area contributed by atoms with Gasteiger partial charge in [0.15, 0.2) is 9.84 Å². The summed E-state index contributed by atoms with van der Waals surface area (Å²) in [7, 11) is -3.56. The molecule has 0 saturated carbocycles. The largest absolute Gasteiger partial charge is 0.465 e. The van der Waals surface area contributed by atoms with Gasteiger partial charge in [-0.2, -0.15) is 0 Å². The van der Waals surface area contributed by atoms with Crippen LogP contribution in [0.25, 0.3) is 0 Å². The molecule has 0 spiro atoms. The van der Waals surface area contributed by atoms with Crippen LogP contribution < -0.4 is 10.6 Å². The zero-order chi connectivity index (χ0) is 25.8. The van der Waals surface area contributed by atoms with Crippen LogP contribution in [0, 0.1) is 5.82 Å². The third-order valence-electron chi connectivity index (χ3n) is 7.42. The van der Waals surface area contributed by atoms with Crippen molar-refractivity contribution < 1.29 is 27.1 Å². The van der Waals surface area contributed by atoms with Gasteiger partial charge in [0, 0.05) is 31.3 Å². The van der Waals surface area contributed by atoms with Gasteiger partial charge in [-0.15, -0.1) is 0 Å². The van der Waals surface area contributed by atoms with Gasteiger partial charge in [0.1, 0.15) is 5.82 Å².